The van der Waals surface area contributed by atoms with Crippen molar-refractivity contribution in [3.05, 3.63) is 64.8 Å². The number of rotatable bonds is 8. The Balaban J connectivity index is 1.48. The van der Waals surface area contributed by atoms with Gasteiger partial charge < -0.3 is 33.9 Å². The average molecular weight is 532 g/mol. The van der Waals surface area contributed by atoms with Crippen LogP contribution in [-0.4, -0.2) is 74.4 Å². The van der Waals surface area contributed by atoms with E-state index in [-0.39, 0.29) is 18.1 Å². The van der Waals surface area contributed by atoms with E-state index >= 15 is 0 Å². The van der Waals surface area contributed by atoms with Gasteiger partial charge in [-0.05, 0) is 43.7 Å². The first kappa shape index (κ1) is 26.6. The number of carboxylic acids is 1. The van der Waals surface area contributed by atoms with Crippen molar-refractivity contribution in [2.75, 3.05) is 52.6 Å². The van der Waals surface area contributed by atoms with Crippen molar-refractivity contribution in [2.24, 2.45) is 0 Å². The highest BCUT2D eigenvalue weighted by atomic mass is 16.5. The number of amides is 1. The van der Waals surface area contributed by atoms with Crippen LogP contribution in [0.4, 0.5) is 0 Å². The first-order valence-electron chi connectivity index (χ1n) is 13.4. The topological polar surface area (TPSA) is 105 Å². The molecule has 1 N–H and O–H groups in total. The van der Waals surface area contributed by atoms with Gasteiger partial charge in [-0.2, -0.15) is 0 Å². The molecule has 39 heavy (non-hydrogen) atoms. The van der Waals surface area contributed by atoms with Gasteiger partial charge in [0.1, 0.15) is 13.1 Å². The number of aromatic carboxylic acids is 1. The van der Waals surface area contributed by atoms with Crippen LogP contribution in [0.5, 0.6) is 11.5 Å². The van der Waals surface area contributed by atoms with Crippen molar-refractivity contribution >= 4 is 34.4 Å². The summed E-state index contributed by atoms with van der Waals surface area (Å²) in [5.74, 6) is -0.239. The second-order valence-corrected chi connectivity index (χ2v) is 9.67. The van der Waals surface area contributed by atoms with E-state index in [1.165, 1.54) is 4.90 Å². The Labute approximate surface area is 227 Å². The van der Waals surface area contributed by atoms with Gasteiger partial charge in [0, 0.05) is 35.2 Å². The number of ether oxygens (including phenoxy) is 3. The fraction of sp³-hybridized carbons (Fsp3) is 0.367. The van der Waals surface area contributed by atoms with E-state index in [9.17, 15) is 14.7 Å². The Morgan fingerprint density at radius 1 is 1.08 bits per heavy atom. The van der Waals surface area contributed by atoms with Crippen molar-refractivity contribution < 1.29 is 33.8 Å². The minimum atomic E-state index is -1.19. The van der Waals surface area contributed by atoms with Crippen molar-refractivity contribution in [1.29, 1.82) is 0 Å². The number of carboxylic acid groups (broad SMARTS) is 1. The number of hydrogen-bond acceptors (Lipinski definition) is 7. The summed E-state index contributed by atoms with van der Waals surface area (Å²) in [7, 11) is 0. The van der Waals surface area contributed by atoms with Crippen LogP contribution in [0.3, 0.4) is 0 Å². The van der Waals surface area contributed by atoms with Crippen molar-refractivity contribution in [2.45, 2.75) is 20.4 Å². The number of morpholine rings is 1. The van der Waals surface area contributed by atoms with Crippen LogP contribution in [0.1, 0.15) is 41.0 Å². The van der Waals surface area contributed by atoms with E-state index in [2.05, 4.69) is 6.92 Å². The molecule has 204 valence electrons. The third-order valence-electron chi connectivity index (χ3n) is 7.19. The minimum Gasteiger partial charge on any atom is -0.545 e. The van der Waals surface area contributed by atoms with Crippen LogP contribution in [-0.2, 0) is 16.1 Å². The standard InChI is InChI=1S/C30H33N3O6/c1-3-32-17-21(29-23(18-32)28(30(35)36)22-7-5-6-8-24(22)31-29)15-20-9-10-25(26(16-20)38-4-2)39-19-27(34)33-11-13-37-14-12-33/h5-10,15-16H,3-4,11-14,17-19H2,1-2H3,(H,35,36)/b21-15+. The Kier molecular flexibility index (Phi) is 8.09. The lowest BCUT2D eigenvalue weighted by atomic mass is 9.92. The molecule has 1 amide bonds. The number of nitrogens with zero attached hydrogens (tertiary/aromatic N) is 2. The summed E-state index contributed by atoms with van der Waals surface area (Å²) in [5, 5.41) is 12.9. The first-order chi connectivity index (χ1) is 19.0. The van der Waals surface area contributed by atoms with Gasteiger partial charge in [-0.1, -0.05) is 24.3 Å². The predicted molar refractivity (Wildman–Crippen MR) is 145 cm³/mol. The first-order valence-corrected chi connectivity index (χ1v) is 13.4. The van der Waals surface area contributed by atoms with Gasteiger partial charge >= 0.3 is 0 Å². The molecule has 2 aromatic carbocycles. The zero-order chi connectivity index (χ0) is 27.4. The molecule has 0 radical (unpaired) electrons. The Hall–Kier alpha value is -3.95. The number of carbonyl (C=O) groups excluding carboxylic acids is 2. The number of fused-ring (bicyclic) bond motifs is 2. The number of pyridine rings is 1. The molecule has 1 saturated heterocycles. The summed E-state index contributed by atoms with van der Waals surface area (Å²) in [6.45, 7) is 8.65. The van der Waals surface area contributed by atoms with Crippen LogP contribution < -0.4 is 19.5 Å². The summed E-state index contributed by atoms with van der Waals surface area (Å²) in [5.41, 5.74) is 4.06. The van der Waals surface area contributed by atoms with Gasteiger partial charge in [0.05, 0.1) is 43.5 Å². The summed E-state index contributed by atoms with van der Waals surface area (Å²) < 4.78 is 17.0. The maximum atomic E-state index is 12.6. The van der Waals surface area contributed by atoms with Crippen LogP contribution >= 0.6 is 0 Å². The van der Waals surface area contributed by atoms with Gasteiger partial charge in [-0.25, -0.2) is 4.98 Å². The molecule has 0 aliphatic carbocycles. The van der Waals surface area contributed by atoms with Gasteiger partial charge in [0.15, 0.2) is 18.1 Å². The number of carbonyl (C=O) groups is 2. The molecule has 9 heteroatoms. The van der Waals surface area contributed by atoms with Crippen molar-refractivity contribution in [3.8, 4) is 11.5 Å². The third kappa shape index (κ3) is 5.74. The molecular formula is C30H33N3O6. The normalized spacial score (nSPS) is 18.2. The molecule has 9 nitrogen and oxygen atoms in total. The molecule has 2 aliphatic heterocycles. The number of benzene rings is 2. The molecule has 0 saturated carbocycles. The average Bonchev–Trinajstić information content (AvgIpc) is 2.95. The maximum Gasteiger partial charge on any atom is 0.260 e. The second kappa shape index (κ2) is 11.8. The van der Waals surface area contributed by atoms with E-state index in [1.807, 2.05) is 43.3 Å². The van der Waals surface area contributed by atoms with Crippen LogP contribution in [0.15, 0.2) is 42.5 Å². The molecule has 3 aromatic rings. The molecule has 1 aromatic heterocycles. The molecule has 2 aliphatic rings. The van der Waals surface area contributed by atoms with Crippen molar-refractivity contribution in [1.82, 2.24) is 9.88 Å². The molecule has 3 heterocycles. The summed E-state index contributed by atoms with van der Waals surface area (Å²) in [6.07, 6.45) is 2.03. The zero-order valence-electron chi connectivity index (χ0n) is 22.3. The Morgan fingerprint density at radius 3 is 2.62 bits per heavy atom. The number of quaternary nitrogens is 1. The highest BCUT2D eigenvalue weighted by Gasteiger charge is 2.28. The number of nitrogens with one attached hydrogen (secondary N) is 1. The lowest BCUT2D eigenvalue weighted by molar-refractivity contribution is -0.905. The smallest absolute Gasteiger partial charge is 0.260 e. The molecule has 0 bridgehead atoms. The summed E-state index contributed by atoms with van der Waals surface area (Å²) in [4.78, 5) is 32.7. The predicted octanol–water partition coefficient (Wildman–Crippen LogP) is 1.19. The molecule has 0 spiro atoms. The lowest BCUT2D eigenvalue weighted by Crippen LogP contribution is -3.11. The SMILES string of the molecule is CCOc1cc(/C=C2\C[NH+](CC)Cc3c2nc2ccccc2c3C(=O)[O-])ccc1OCC(=O)N1CCOCC1. The van der Waals surface area contributed by atoms with Crippen LogP contribution in [0.25, 0.3) is 22.6 Å². The third-order valence-corrected chi connectivity index (χ3v) is 7.19. The summed E-state index contributed by atoms with van der Waals surface area (Å²) >= 11 is 0. The number of aromatic nitrogens is 1. The van der Waals surface area contributed by atoms with Gasteiger partial charge in [0.25, 0.3) is 5.91 Å². The lowest BCUT2D eigenvalue weighted by Gasteiger charge is -2.29. The fourth-order valence-electron chi connectivity index (χ4n) is 5.20. The Bertz CT molecular complexity index is 1410. The number of hydrogen-bond donors (Lipinski definition) is 1. The minimum absolute atomic E-state index is 0.0777. The molecule has 5 rings (SSSR count). The number of likely N-dealkylation sites (N-methyl/N-ethyl adjacent to an activating group) is 1. The summed E-state index contributed by atoms with van der Waals surface area (Å²) in [6, 6.07) is 12.9. The largest absolute Gasteiger partial charge is 0.545 e. The van der Waals surface area contributed by atoms with E-state index in [0.29, 0.717) is 79.7 Å². The maximum absolute atomic E-state index is 12.6. The quantitative estimate of drug-likeness (QED) is 0.466. The highest BCUT2D eigenvalue weighted by molar-refractivity contribution is 6.05. The fourth-order valence-corrected chi connectivity index (χ4v) is 5.20. The Morgan fingerprint density at radius 2 is 1.87 bits per heavy atom. The zero-order valence-corrected chi connectivity index (χ0v) is 22.3. The number of para-hydroxylation sites is 1. The molecular weight excluding hydrogens is 498 g/mol. The van der Waals surface area contributed by atoms with Gasteiger partial charge in [0.2, 0.25) is 0 Å². The second-order valence-electron chi connectivity index (χ2n) is 9.67. The molecule has 1 atom stereocenters. The monoisotopic (exact) mass is 531 g/mol. The van der Waals surface area contributed by atoms with Gasteiger partial charge in [-0.3, -0.25) is 4.79 Å². The van der Waals surface area contributed by atoms with E-state index < -0.39 is 5.97 Å². The van der Waals surface area contributed by atoms with Crippen LogP contribution in [0, 0.1) is 0 Å². The van der Waals surface area contributed by atoms with Crippen LogP contribution in [0.2, 0.25) is 0 Å². The van der Waals surface area contributed by atoms with Crippen molar-refractivity contribution in [3.63, 3.8) is 0 Å². The molecule has 1 unspecified atom stereocenters. The van der Waals surface area contributed by atoms with E-state index in [4.69, 9.17) is 19.2 Å². The van der Waals surface area contributed by atoms with E-state index in [0.717, 1.165) is 17.7 Å². The van der Waals surface area contributed by atoms with Gasteiger partial charge in [-0.15, -0.1) is 0 Å². The highest BCUT2D eigenvalue weighted by Crippen LogP contribution is 2.33. The van der Waals surface area contributed by atoms with E-state index in [1.54, 1.807) is 17.0 Å². The molecule has 1 fully saturated rings.